The fraction of sp³-hybridized carbons (Fsp3) is 0.316. The van der Waals surface area contributed by atoms with Crippen molar-refractivity contribution in [2.45, 2.75) is 20.4 Å². The van der Waals surface area contributed by atoms with Crippen molar-refractivity contribution in [3.8, 4) is 0 Å². The maximum absolute atomic E-state index is 12.9. The third-order valence-electron chi connectivity index (χ3n) is 4.42. The van der Waals surface area contributed by atoms with Gasteiger partial charge in [0, 0.05) is 23.9 Å². The topological polar surface area (TPSA) is 25.2 Å². The number of likely N-dealkylation sites (N-methyl/N-ethyl adjacent to an activating group) is 1. The smallest absolute Gasteiger partial charge is 0.258 e. The molecule has 0 aliphatic rings. The van der Waals surface area contributed by atoms with Gasteiger partial charge in [-0.3, -0.25) is 4.79 Å². The predicted octanol–water partition coefficient (Wildman–Crippen LogP) is 3.92. The van der Waals surface area contributed by atoms with E-state index in [2.05, 4.69) is 24.8 Å². The minimum Gasteiger partial charge on any atom is -0.306 e. The van der Waals surface area contributed by atoms with Crippen molar-refractivity contribution in [1.82, 2.24) is 9.47 Å². The van der Waals surface area contributed by atoms with Crippen LogP contribution in [0.25, 0.3) is 21.7 Å². The maximum atomic E-state index is 12.9. The number of rotatable bonds is 5. The Balaban J connectivity index is 0.00000192. The van der Waals surface area contributed by atoms with Crippen molar-refractivity contribution in [3.05, 3.63) is 58.9 Å². The first-order chi connectivity index (χ1) is 10.8. The number of aromatic nitrogens is 1. The molecular weight excluding hydrogens is 308 g/mol. The summed E-state index contributed by atoms with van der Waals surface area (Å²) in [6, 6.07) is 16.1. The van der Waals surface area contributed by atoms with Crippen LogP contribution < -0.4 is 5.56 Å². The van der Waals surface area contributed by atoms with Gasteiger partial charge in [-0.15, -0.1) is 12.4 Å². The van der Waals surface area contributed by atoms with Crippen LogP contribution in [-0.2, 0) is 6.54 Å². The molecule has 0 aliphatic heterocycles. The SMILES string of the molecule is CCN(CC)CCn1c(=O)c2ccccc2c2ccccc21.Cl. The van der Waals surface area contributed by atoms with E-state index in [1.54, 1.807) is 0 Å². The first kappa shape index (κ1) is 17.5. The van der Waals surface area contributed by atoms with E-state index < -0.39 is 0 Å². The number of nitrogens with zero attached hydrogens (tertiary/aromatic N) is 2. The molecule has 3 aromatic rings. The molecule has 0 fully saturated rings. The van der Waals surface area contributed by atoms with Gasteiger partial charge in [0.25, 0.3) is 5.56 Å². The van der Waals surface area contributed by atoms with E-state index in [1.807, 2.05) is 47.0 Å². The number of halogens is 1. The van der Waals surface area contributed by atoms with Crippen LogP contribution in [0.15, 0.2) is 53.3 Å². The van der Waals surface area contributed by atoms with E-state index in [1.165, 1.54) is 0 Å². The van der Waals surface area contributed by atoms with Crippen LogP contribution in [0, 0.1) is 0 Å². The minimum atomic E-state index is 0. The zero-order valence-electron chi connectivity index (χ0n) is 13.7. The highest BCUT2D eigenvalue weighted by atomic mass is 35.5. The zero-order chi connectivity index (χ0) is 15.5. The Labute approximate surface area is 142 Å². The number of para-hydroxylation sites is 1. The van der Waals surface area contributed by atoms with Gasteiger partial charge in [0.05, 0.1) is 5.52 Å². The number of benzene rings is 2. The monoisotopic (exact) mass is 330 g/mol. The summed E-state index contributed by atoms with van der Waals surface area (Å²) < 4.78 is 1.93. The summed E-state index contributed by atoms with van der Waals surface area (Å²) in [7, 11) is 0. The average Bonchev–Trinajstić information content (AvgIpc) is 2.58. The van der Waals surface area contributed by atoms with Crippen molar-refractivity contribution in [3.63, 3.8) is 0 Å². The molecule has 23 heavy (non-hydrogen) atoms. The summed E-state index contributed by atoms with van der Waals surface area (Å²) in [5, 5.41) is 3.00. The molecule has 0 spiro atoms. The van der Waals surface area contributed by atoms with Crippen molar-refractivity contribution in [1.29, 1.82) is 0 Å². The number of hydrogen-bond acceptors (Lipinski definition) is 2. The van der Waals surface area contributed by atoms with Gasteiger partial charge in [-0.2, -0.15) is 0 Å². The van der Waals surface area contributed by atoms with Gasteiger partial charge in [-0.1, -0.05) is 50.2 Å². The fourth-order valence-electron chi connectivity index (χ4n) is 3.10. The molecule has 0 saturated heterocycles. The van der Waals surface area contributed by atoms with E-state index in [4.69, 9.17) is 0 Å². The summed E-state index contributed by atoms with van der Waals surface area (Å²) in [5.74, 6) is 0. The van der Waals surface area contributed by atoms with Crippen LogP contribution in [0.4, 0.5) is 0 Å². The maximum Gasteiger partial charge on any atom is 0.258 e. The second-order valence-corrected chi connectivity index (χ2v) is 5.55. The van der Waals surface area contributed by atoms with Crippen LogP contribution >= 0.6 is 12.4 Å². The molecule has 0 radical (unpaired) electrons. The number of fused-ring (bicyclic) bond motifs is 3. The lowest BCUT2D eigenvalue weighted by atomic mass is 10.1. The molecule has 0 amide bonds. The molecule has 1 heterocycles. The Hall–Kier alpha value is -1.84. The highest BCUT2D eigenvalue weighted by Gasteiger charge is 2.10. The zero-order valence-corrected chi connectivity index (χ0v) is 14.5. The lowest BCUT2D eigenvalue weighted by Crippen LogP contribution is -2.31. The van der Waals surface area contributed by atoms with Crippen LogP contribution in [0.3, 0.4) is 0 Å². The molecular formula is C19H23ClN2O. The quantitative estimate of drug-likeness (QED) is 0.662. The lowest BCUT2D eigenvalue weighted by Gasteiger charge is -2.20. The summed E-state index contributed by atoms with van der Waals surface area (Å²) in [5.41, 5.74) is 1.14. The first-order valence-corrected chi connectivity index (χ1v) is 7.99. The summed E-state index contributed by atoms with van der Waals surface area (Å²) in [6.07, 6.45) is 0. The molecule has 0 aliphatic carbocycles. The van der Waals surface area contributed by atoms with Gasteiger partial charge in [0.15, 0.2) is 0 Å². The van der Waals surface area contributed by atoms with Crippen LogP contribution in [0.1, 0.15) is 13.8 Å². The Morgan fingerprint density at radius 2 is 1.43 bits per heavy atom. The van der Waals surface area contributed by atoms with E-state index in [0.29, 0.717) is 0 Å². The largest absolute Gasteiger partial charge is 0.306 e. The Bertz CT molecular complexity index is 853. The van der Waals surface area contributed by atoms with E-state index in [-0.39, 0.29) is 18.0 Å². The van der Waals surface area contributed by atoms with Gasteiger partial charge in [-0.25, -0.2) is 0 Å². The third-order valence-corrected chi connectivity index (χ3v) is 4.42. The normalized spacial score (nSPS) is 11.1. The van der Waals surface area contributed by atoms with Gasteiger partial charge in [-0.05, 0) is 30.6 Å². The molecule has 1 aromatic heterocycles. The van der Waals surface area contributed by atoms with Crippen LogP contribution in [0.2, 0.25) is 0 Å². The Morgan fingerprint density at radius 1 is 0.870 bits per heavy atom. The average molecular weight is 331 g/mol. The van der Waals surface area contributed by atoms with Gasteiger partial charge in [0.1, 0.15) is 0 Å². The van der Waals surface area contributed by atoms with Crippen LogP contribution in [0.5, 0.6) is 0 Å². The van der Waals surface area contributed by atoms with E-state index >= 15 is 0 Å². The minimum absolute atomic E-state index is 0. The predicted molar refractivity (Wildman–Crippen MR) is 101 cm³/mol. The third kappa shape index (κ3) is 3.26. The summed E-state index contributed by atoms with van der Waals surface area (Å²) in [6.45, 7) is 7.96. The molecule has 0 bridgehead atoms. The summed E-state index contributed by atoms with van der Waals surface area (Å²) >= 11 is 0. The molecule has 3 rings (SSSR count). The highest BCUT2D eigenvalue weighted by Crippen LogP contribution is 2.22. The van der Waals surface area contributed by atoms with Crippen molar-refractivity contribution >= 4 is 34.1 Å². The van der Waals surface area contributed by atoms with Crippen molar-refractivity contribution in [2.24, 2.45) is 0 Å². The molecule has 0 saturated carbocycles. The van der Waals surface area contributed by atoms with Gasteiger partial charge < -0.3 is 9.47 Å². The number of hydrogen-bond donors (Lipinski definition) is 0. The van der Waals surface area contributed by atoms with Crippen molar-refractivity contribution < 1.29 is 0 Å². The molecule has 3 nitrogen and oxygen atoms in total. The molecule has 4 heteroatoms. The molecule has 0 atom stereocenters. The first-order valence-electron chi connectivity index (χ1n) is 7.99. The van der Waals surface area contributed by atoms with E-state index in [0.717, 1.165) is 47.9 Å². The van der Waals surface area contributed by atoms with Gasteiger partial charge in [0.2, 0.25) is 0 Å². The second-order valence-electron chi connectivity index (χ2n) is 5.55. The molecule has 0 N–H and O–H groups in total. The Kier molecular flexibility index (Phi) is 5.80. The van der Waals surface area contributed by atoms with Crippen LogP contribution in [-0.4, -0.2) is 29.1 Å². The fourth-order valence-corrected chi connectivity index (χ4v) is 3.10. The highest BCUT2D eigenvalue weighted by molar-refractivity contribution is 6.05. The molecule has 0 unspecified atom stereocenters. The van der Waals surface area contributed by atoms with E-state index in [9.17, 15) is 4.79 Å². The summed E-state index contributed by atoms with van der Waals surface area (Å²) in [4.78, 5) is 15.2. The Morgan fingerprint density at radius 3 is 2.09 bits per heavy atom. The molecule has 2 aromatic carbocycles. The molecule has 122 valence electrons. The van der Waals surface area contributed by atoms with Crippen molar-refractivity contribution in [2.75, 3.05) is 19.6 Å². The van der Waals surface area contributed by atoms with Gasteiger partial charge >= 0.3 is 0 Å². The standard InChI is InChI=1S/C19H22N2O.ClH/c1-3-20(4-2)13-14-21-18-12-8-7-10-16(18)15-9-5-6-11-17(15)19(21)22;/h5-12H,3-4,13-14H2,1-2H3;1H. The second kappa shape index (κ2) is 7.62. The lowest BCUT2D eigenvalue weighted by molar-refractivity contribution is 0.291. The number of pyridine rings is 1.